The molecule has 1 aliphatic heterocycles. The Morgan fingerprint density at radius 1 is 1.05 bits per heavy atom. The summed E-state index contributed by atoms with van der Waals surface area (Å²) in [7, 11) is 1.62. The van der Waals surface area contributed by atoms with E-state index in [0.717, 1.165) is 38.6 Å². The van der Waals surface area contributed by atoms with E-state index < -0.39 is 5.97 Å². The van der Waals surface area contributed by atoms with Crippen LogP contribution < -0.4 is 14.2 Å². The molecule has 0 amide bonds. The number of rotatable bonds is 5. The van der Waals surface area contributed by atoms with Gasteiger partial charge in [-0.05, 0) is 67.6 Å². The number of aromatic nitrogens is 1. The minimum atomic E-state index is -0.645. The van der Waals surface area contributed by atoms with Gasteiger partial charge in [-0.25, -0.2) is 4.79 Å². The number of ether oxygens (including phenoxy) is 3. The molecule has 0 unspecified atom stereocenters. The van der Waals surface area contributed by atoms with Gasteiger partial charge in [0.1, 0.15) is 22.8 Å². The first-order valence-corrected chi connectivity index (χ1v) is 12.4. The van der Waals surface area contributed by atoms with Gasteiger partial charge in [-0.2, -0.15) is 0 Å². The van der Waals surface area contributed by atoms with Gasteiger partial charge < -0.3 is 23.2 Å². The van der Waals surface area contributed by atoms with Crippen LogP contribution in [0, 0.1) is 0 Å². The third-order valence-corrected chi connectivity index (χ3v) is 6.77. The number of hydrogen-bond acceptors (Lipinski definition) is 6. The number of carbonyl (C=O) groups is 2. The van der Waals surface area contributed by atoms with E-state index in [4.69, 9.17) is 18.6 Å². The number of hydrogen-bond donors (Lipinski definition) is 0. The highest BCUT2D eigenvalue weighted by atomic mass is 79.9. The maximum absolute atomic E-state index is 13.1. The van der Waals surface area contributed by atoms with Gasteiger partial charge in [-0.1, -0.05) is 15.9 Å². The lowest BCUT2D eigenvalue weighted by Crippen LogP contribution is -2.07. The third-order valence-electron chi connectivity index (χ3n) is 6.28. The van der Waals surface area contributed by atoms with E-state index in [0.29, 0.717) is 16.9 Å². The maximum Gasteiger partial charge on any atom is 0.379 e. The second-order valence-electron chi connectivity index (χ2n) is 8.53. The molecule has 0 fully saturated rings. The molecule has 0 aliphatic carbocycles. The molecule has 8 heteroatoms. The second kappa shape index (κ2) is 8.97. The maximum atomic E-state index is 13.1. The van der Waals surface area contributed by atoms with Gasteiger partial charge in [0, 0.05) is 45.1 Å². The highest BCUT2D eigenvalue weighted by Crippen LogP contribution is 2.36. The Balaban J connectivity index is 1.27. The summed E-state index contributed by atoms with van der Waals surface area (Å²) >= 11 is 3.40. The van der Waals surface area contributed by atoms with Crippen molar-refractivity contribution in [3.05, 3.63) is 94.0 Å². The van der Waals surface area contributed by atoms with Crippen molar-refractivity contribution in [3.8, 4) is 17.2 Å². The molecule has 0 N–H and O–H groups in total. The second-order valence-corrected chi connectivity index (χ2v) is 9.45. The van der Waals surface area contributed by atoms with Crippen LogP contribution >= 0.6 is 15.9 Å². The molecule has 0 radical (unpaired) electrons. The monoisotopic (exact) mass is 557 g/mol. The van der Waals surface area contributed by atoms with E-state index >= 15 is 0 Å². The van der Waals surface area contributed by atoms with Crippen LogP contribution in [-0.4, -0.2) is 23.4 Å². The summed E-state index contributed by atoms with van der Waals surface area (Å²) in [5, 5.41) is 1.73. The molecule has 0 saturated heterocycles. The Kier molecular flexibility index (Phi) is 5.61. The summed E-state index contributed by atoms with van der Waals surface area (Å²) in [5.41, 5.74) is 2.85. The molecule has 0 atom stereocenters. The van der Waals surface area contributed by atoms with Crippen LogP contribution in [0.4, 0.5) is 0 Å². The van der Waals surface area contributed by atoms with Crippen LogP contribution in [0.1, 0.15) is 33.4 Å². The fourth-order valence-electron chi connectivity index (χ4n) is 4.45. The molecule has 1 aliphatic rings. The van der Waals surface area contributed by atoms with Crippen molar-refractivity contribution in [1.82, 2.24) is 4.57 Å². The van der Waals surface area contributed by atoms with Crippen LogP contribution in [-0.2, 0) is 6.54 Å². The van der Waals surface area contributed by atoms with E-state index in [2.05, 4.69) is 27.4 Å². The summed E-state index contributed by atoms with van der Waals surface area (Å²) in [4.78, 5) is 25.8. The largest absolute Gasteiger partial charge is 0.497 e. The molecule has 2 aromatic heterocycles. The lowest BCUT2D eigenvalue weighted by atomic mass is 10.1. The van der Waals surface area contributed by atoms with Crippen molar-refractivity contribution < 1.29 is 28.2 Å². The number of Topliss-reactive ketones (excluding diaryl/α,β-unsaturated/α-hetero) is 1. The highest BCUT2D eigenvalue weighted by Gasteiger charge is 2.29. The van der Waals surface area contributed by atoms with Gasteiger partial charge in [-0.3, -0.25) is 4.79 Å². The van der Waals surface area contributed by atoms with E-state index in [9.17, 15) is 9.59 Å². The predicted molar refractivity (Wildman–Crippen MR) is 142 cm³/mol. The minimum absolute atomic E-state index is 0.0777. The number of benzene rings is 3. The van der Waals surface area contributed by atoms with E-state index in [1.165, 1.54) is 6.07 Å². The molecular formula is C29H20BrNO6. The number of carbonyl (C=O) groups excluding carboxylic acids is 2. The van der Waals surface area contributed by atoms with Crippen LogP contribution in [0.15, 0.2) is 81.5 Å². The summed E-state index contributed by atoms with van der Waals surface area (Å²) in [6.45, 7) is 2.83. The number of allylic oxidation sites excluding steroid dienone is 1. The molecule has 184 valence electrons. The average molecular weight is 558 g/mol. The lowest BCUT2D eigenvalue weighted by molar-refractivity contribution is 0.0703. The zero-order valence-electron chi connectivity index (χ0n) is 19.9. The summed E-state index contributed by atoms with van der Waals surface area (Å²) in [6.07, 6.45) is 3.71. The number of furan rings is 1. The third kappa shape index (κ3) is 4.09. The van der Waals surface area contributed by atoms with Crippen LogP contribution in [0.5, 0.6) is 17.2 Å². The topological polar surface area (TPSA) is 79.9 Å². The minimum Gasteiger partial charge on any atom is -0.497 e. The smallest absolute Gasteiger partial charge is 0.379 e. The van der Waals surface area contributed by atoms with Crippen molar-refractivity contribution in [3.63, 3.8) is 0 Å². The quantitative estimate of drug-likeness (QED) is 0.131. The van der Waals surface area contributed by atoms with Crippen molar-refractivity contribution in [2.45, 2.75) is 13.5 Å². The first-order valence-electron chi connectivity index (χ1n) is 11.6. The van der Waals surface area contributed by atoms with Crippen molar-refractivity contribution in [2.24, 2.45) is 0 Å². The van der Waals surface area contributed by atoms with Gasteiger partial charge in [0.15, 0.2) is 5.76 Å². The Labute approximate surface area is 220 Å². The average Bonchev–Trinajstić information content (AvgIpc) is 3.57. The first-order chi connectivity index (χ1) is 17.9. The molecule has 37 heavy (non-hydrogen) atoms. The summed E-state index contributed by atoms with van der Waals surface area (Å²) < 4.78 is 25.4. The normalized spacial score (nSPS) is 13.8. The zero-order chi connectivity index (χ0) is 25.7. The highest BCUT2D eigenvalue weighted by molar-refractivity contribution is 9.10. The molecule has 0 saturated carbocycles. The molecule has 0 bridgehead atoms. The fourth-order valence-corrected chi connectivity index (χ4v) is 4.83. The van der Waals surface area contributed by atoms with E-state index in [-0.39, 0.29) is 23.1 Å². The van der Waals surface area contributed by atoms with Gasteiger partial charge >= 0.3 is 5.97 Å². The number of fused-ring (bicyclic) bond motifs is 3. The van der Waals surface area contributed by atoms with Crippen LogP contribution in [0.25, 0.3) is 27.9 Å². The molecule has 5 aromatic rings. The van der Waals surface area contributed by atoms with E-state index in [1.807, 2.05) is 36.5 Å². The fraction of sp³-hybridized carbons (Fsp3) is 0.103. The van der Waals surface area contributed by atoms with Gasteiger partial charge in [0.2, 0.25) is 11.5 Å². The summed E-state index contributed by atoms with van der Waals surface area (Å²) in [6, 6.07) is 17.6. The number of ketones is 1. The van der Waals surface area contributed by atoms with Crippen molar-refractivity contribution in [1.29, 1.82) is 0 Å². The van der Waals surface area contributed by atoms with Crippen molar-refractivity contribution in [2.75, 3.05) is 7.11 Å². The molecular weight excluding hydrogens is 538 g/mol. The molecule has 0 spiro atoms. The number of nitrogens with zero attached hydrogens (tertiary/aromatic N) is 1. The van der Waals surface area contributed by atoms with Crippen LogP contribution in [0.3, 0.4) is 0 Å². The van der Waals surface area contributed by atoms with Crippen molar-refractivity contribution >= 4 is 55.6 Å². The Hall–Kier alpha value is -4.30. The summed E-state index contributed by atoms with van der Waals surface area (Å²) in [5.74, 6) is 0.683. The van der Waals surface area contributed by atoms with Gasteiger partial charge in [0.05, 0.1) is 12.7 Å². The number of aryl methyl sites for hydroxylation is 1. The molecule has 6 rings (SSSR count). The number of halogens is 1. The van der Waals surface area contributed by atoms with Gasteiger partial charge in [-0.15, -0.1) is 0 Å². The van der Waals surface area contributed by atoms with Gasteiger partial charge in [0.25, 0.3) is 0 Å². The number of esters is 1. The number of methoxy groups -OCH3 is 1. The first kappa shape index (κ1) is 23.1. The Bertz CT molecular complexity index is 1760. The Morgan fingerprint density at radius 2 is 1.89 bits per heavy atom. The Morgan fingerprint density at radius 3 is 2.70 bits per heavy atom. The van der Waals surface area contributed by atoms with E-state index in [1.54, 1.807) is 37.5 Å². The zero-order valence-corrected chi connectivity index (χ0v) is 21.5. The van der Waals surface area contributed by atoms with Crippen LogP contribution in [0.2, 0.25) is 0 Å². The molecule has 7 nitrogen and oxygen atoms in total. The predicted octanol–water partition coefficient (Wildman–Crippen LogP) is 7.01. The molecule has 3 heterocycles. The SMILES string of the molecule is CCn1cc(/C=C2\Oc3cc(OC(=O)c4cc5cc(Br)ccc5o4)ccc3C2=O)c2cc(OC)ccc21. The molecule has 3 aromatic carbocycles. The standard InChI is InChI=1S/C29H20BrNO6/c1-3-31-15-17(22-13-19(34-2)6-8-23(22)31)12-26-28(32)21-7-5-20(14-25(21)37-26)35-29(33)27-11-16-10-18(30)4-9-24(16)36-27/h4-15H,3H2,1-2H3/b26-12-. The lowest BCUT2D eigenvalue weighted by Gasteiger charge is -2.04.